The molecule has 0 bridgehead atoms. The summed E-state index contributed by atoms with van der Waals surface area (Å²) in [6, 6.07) is 59.7. The van der Waals surface area contributed by atoms with Gasteiger partial charge in [-0.15, -0.1) is 0 Å². The van der Waals surface area contributed by atoms with Crippen LogP contribution in [-0.4, -0.2) is 6.85 Å². The lowest BCUT2D eigenvalue weighted by Crippen LogP contribution is -2.61. The molecule has 0 radical (unpaired) electrons. The molecule has 11 rings (SSSR count). The van der Waals surface area contributed by atoms with Gasteiger partial charge in [0.2, 0.25) is 0 Å². The predicted octanol–water partition coefficient (Wildman–Crippen LogP) is 15.2. The summed E-state index contributed by atoms with van der Waals surface area (Å²) in [5.41, 5.74) is 24.5. The van der Waals surface area contributed by atoms with Crippen molar-refractivity contribution in [2.45, 2.75) is 73.1 Å². The molecule has 3 heterocycles. The maximum absolute atomic E-state index is 6.78. The van der Waals surface area contributed by atoms with Gasteiger partial charge < -0.3 is 14.1 Å². The van der Waals surface area contributed by atoms with Crippen molar-refractivity contribution in [1.29, 1.82) is 0 Å². The molecule has 3 nitrogen and oxygen atoms in total. The molecular weight excluding hydrogens is 763 g/mol. The van der Waals surface area contributed by atoms with Crippen molar-refractivity contribution in [3.8, 4) is 33.4 Å². The molecule has 1 aromatic heterocycles. The van der Waals surface area contributed by atoms with Gasteiger partial charge >= 0.3 is 6.85 Å². The van der Waals surface area contributed by atoms with Crippen molar-refractivity contribution in [3.63, 3.8) is 0 Å². The van der Waals surface area contributed by atoms with Crippen LogP contribution in [0.15, 0.2) is 162 Å². The summed E-state index contributed by atoms with van der Waals surface area (Å²) in [5, 5.41) is 2.28. The lowest BCUT2D eigenvalue weighted by atomic mass is 9.43. The van der Waals surface area contributed by atoms with Gasteiger partial charge in [-0.3, -0.25) is 0 Å². The average molecular weight is 817 g/mol. The van der Waals surface area contributed by atoms with Gasteiger partial charge in [-0.05, 0) is 150 Å². The van der Waals surface area contributed by atoms with Crippen LogP contribution in [0.2, 0.25) is 0 Å². The Bertz CT molecular complexity index is 3180. The van der Waals surface area contributed by atoms with Gasteiger partial charge in [0.15, 0.2) is 0 Å². The first-order chi connectivity index (χ1) is 30.9. The van der Waals surface area contributed by atoms with Crippen LogP contribution in [0, 0.1) is 20.8 Å². The Balaban J connectivity index is 1.27. The number of anilines is 5. The Kier molecular flexibility index (Phi) is 9.83. The molecule has 2 aliphatic rings. The fourth-order valence-corrected chi connectivity index (χ4v) is 10.8. The highest BCUT2D eigenvalue weighted by atomic mass is 16.3. The molecule has 9 aromatic rings. The molecule has 2 aliphatic heterocycles. The highest BCUT2D eigenvalue weighted by Gasteiger charge is 2.46. The van der Waals surface area contributed by atoms with Gasteiger partial charge in [0.1, 0.15) is 11.2 Å². The second-order valence-corrected chi connectivity index (χ2v) is 18.0. The predicted molar refractivity (Wildman–Crippen MR) is 270 cm³/mol. The van der Waals surface area contributed by atoms with Crippen LogP contribution in [0.25, 0.3) is 55.3 Å². The second-order valence-electron chi connectivity index (χ2n) is 18.0. The van der Waals surface area contributed by atoms with Crippen molar-refractivity contribution in [2.75, 3.05) is 9.71 Å². The van der Waals surface area contributed by atoms with E-state index >= 15 is 0 Å². The molecule has 0 fully saturated rings. The number of unbranched alkanes of at least 4 members (excludes halogenated alkanes) is 2. The van der Waals surface area contributed by atoms with E-state index in [4.69, 9.17) is 4.42 Å². The molecule has 0 N–H and O–H groups in total. The van der Waals surface area contributed by atoms with E-state index in [-0.39, 0.29) is 6.85 Å². The van der Waals surface area contributed by atoms with Crippen LogP contribution in [0.3, 0.4) is 0 Å². The number of hydrogen-bond acceptors (Lipinski definition) is 3. The third kappa shape index (κ3) is 6.58. The Morgan fingerprint density at radius 3 is 1.97 bits per heavy atom. The summed E-state index contributed by atoms with van der Waals surface area (Å²) in [6.45, 7) is 11.2. The number of aryl methyl sites for hydroxylation is 5. The zero-order chi connectivity index (χ0) is 42.8. The number of nitrogens with zero attached hydrogens (tertiary/aromatic N) is 2. The summed E-state index contributed by atoms with van der Waals surface area (Å²) in [5.74, 6) is 0. The Labute approximate surface area is 372 Å². The topological polar surface area (TPSA) is 19.6 Å². The van der Waals surface area contributed by atoms with E-state index in [0.717, 1.165) is 53.3 Å². The van der Waals surface area contributed by atoms with E-state index in [2.05, 4.69) is 202 Å². The minimum absolute atomic E-state index is 0.117. The Morgan fingerprint density at radius 2 is 1.19 bits per heavy atom. The third-order valence-corrected chi connectivity index (χ3v) is 13.7. The molecule has 0 unspecified atom stereocenters. The van der Waals surface area contributed by atoms with Crippen molar-refractivity contribution < 1.29 is 4.42 Å². The number of furan rings is 1. The maximum atomic E-state index is 6.78. The van der Waals surface area contributed by atoms with Crippen LogP contribution in [0.4, 0.5) is 28.4 Å². The molecule has 0 amide bonds. The van der Waals surface area contributed by atoms with Crippen molar-refractivity contribution >= 4 is 68.1 Å². The first-order valence-electron chi connectivity index (χ1n) is 23.1. The monoisotopic (exact) mass is 816 g/mol. The van der Waals surface area contributed by atoms with E-state index < -0.39 is 0 Å². The fourth-order valence-electron chi connectivity index (χ4n) is 10.8. The van der Waals surface area contributed by atoms with E-state index in [0.29, 0.717) is 0 Å². The second kappa shape index (κ2) is 15.8. The van der Waals surface area contributed by atoms with Crippen LogP contribution in [0.5, 0.6) is 0 Å². The van der Waals surface area contributed by atoms with E-state index in [1.807, 2.05) is 0 Å². The SMILES string of the molecule is CCCCc1ccc(N2B3c4cc5c(cc4N(c4ccc(CCCC)cc4-c4ccccc4)c4cc(-c6c(C)cc(C)cc6C)cc(c43)-c3ccccc32)oc2ccccc25)cc1. The van der Waals surface area contributed by atoms with Crippen LogP contribution >= 0.6 is 0 Å². The molecule has 0 saturated heterocycles. The summed E-state index contributed by atoms with van der Waals surface area (Å²) in [4.78, 5) is 5.22. The normalized spacial score (nSPS) is 12.8. The standard InChI is InChI=1S/C59H53BN2O/c1-6-8-17-41-25-28-45(29-26-41)62-53-23-15-13-21-46(53)50-34-44(58-39(4)31-38(3)32-40(58)5)35-55-59(50)60(62)51-36-49-47-22-14-16-24-56(47)63-57(49)37-54(51)61(55)52-30-27-42(18-9-7-2)33-48(52)43-19-11-10-12-20-43/h10-16,19-37H,6-9,17-18H2,1-5H3. The molecular formula is C59H53BN2O. The number of para-hydroxylation sites is 2. The average Bonchev–Trinajstić information content (AvgIpc) is 3.67. The zero-order valence-electron chi connectivity index (χ0n) is 37.1. The number of rotatable bonds is 10. The van der Waals surface area contributed by atoms with Gasteiger partial charge in [-0.25, -0.2) is 0 Å². The molecule has 8 aromatic carbocycles. The minimum atomic E-state index is -0.117. The van der Waals surface area contributed by atoms with E-state index in [1.165, 1.54) is 108 Å². The molecule has 0 aliphatic carbocycles. The Hall–Kier alpha value is -6.78. The molecule has 0 atom stereocenters. The summed E-state index contributed by atoms with van der Waals surface area (Å²) in [6.07, 6.45) is 6.84. The number of hydrogen-bond donors (Lipinski definition) is 0. The van der Waals surface area contributed by atoms with Crippen LogP contribution < -0.4 is 20.6 Å². The zero-order valence-corrected chi connectivity index (χ0v) is 37.1. The quantitative estimate of drug-likeness (QED) is 0.128. The molecule has 63 heavy (non-hydrogen) atoms. The molecule has 308 valence electrons. The van der Waals surface area contributed by atoms with Gasteiger partial charge in [-0.1, -0.05) is 135 Å². The largest absolute Gasteiger partial charge is 0.456 e. The van der Waals surface area contributed by atoms with E-state index in [9.17, 15) is 0 Å². The fraction of sp³-hybridized carbons (Fsp3) is 0.186. The number of fused-ring (bicyclic) bond motifs is 7. The van der Waals surface area contributed by atoms with Gasteiger partial charge in [0.25, 0.3) is 0 Å². The minimum Gasteiger partial charge on any atom is -0.456 e. The maximum Gasteiger partial charge on any atom is 0.333 e. The van der Waals surface area contributed by atoms with Gasteiger partial charge in [0.05, 0.1) is 5.69 Å². The lowest BCUT2D eigenvalue weighted by molar-refractivity contribution is 0.669. The number of benzene rings is 8. The smallest absolute Gasteiger partial charge is 0.333 e. The van der Waals surface area contributed by atoms with E-state index in [1.54, 1.807) is 0 Å². The van der Waals surface area contributed by atoms with Gasteiger partial charge in [0, 0.05) is 50.7 Å². The highest BCUT2D eigenvalue weighted by Crippen LogP contribution is 2.51. The highest BCUT2D eigenvalue weighted by molar-refractivity contribution is 6.93. The summed E-state index contributed by atoms with van der Waals surface area (Å²) < 4.78 is 6.78. The molecule has 4 heteroatoms. The van der Waals surface area contributed by atoms with Crippen molar-refractivity contribution in [1.82, 2.24) is 0 Å². The third-order valence-electron chi connectivity index (χ3n) is 13.7. The summed E-state index contributed by atoms with van der Waals surface area (Å²) >= 11 is 0. The molecule has 0 spiro atoms. The van der Waals surface area contributed by atoms with Crippen LogP contribution in [0.1, 0.15) is 67.3 Å². The Morgan fingerprint density at radius 1 is 0.492 bits per heavy atom. The van der Waals surface area contributed by atoms with Crippen molar-refractivity contribution in [2.24, 2.45) is 0 Å². The van der Waals surface area contributed by atoms with Gasteiger partial charge in [-0.2, -0.15) is 0 Å². The lowest BCUT2D eigenvalue weighted by Gasteiger charge is -2.46. The summed E-state index contributed by atoms with van der Waals surface area (Å²) in [7, 11) is 0. The first kappa shape index (κ1) is 39.1. The first-order valence-corrected chi connectivity index (χ1v) is 23.1. The van der Waals surface area contributed by atoms with Crippen molar-refractivity contribution in [3.05, 3.63) is 186 Å². The van der Waals surface area contributed by atoms with Crippen LogP contribution in [-0.2, 0) is 12.8 Å². The molecule has 0 saturated carbocycles.